The molecule has 6 heteroatoms. The highest BCUT2D eigenvalue weighted by molar-refractivity contribution is 9.10. The first-order valence-corrected chi connectivity index (χ1v) is 7.97. The Kier molecular flexibility index (Phi) is 4.55. The molecule has 1 amide bonds. The summed E-state index contributed by atoms with van der Waals surface area (Å²) >= 11 is 9.58. The number of carbonyl (C=O) groups is 1. The van der Waals surface area contributed by atoms with Crippen LogP contribution in [0.2, 0.25) is 5.02 Å². The van der Waals surface area contributed by atoms with E-state index in [-0.39, 0.29) is 5.91 Å². The van der Waals surface area contributed by atoms with Crippen LogP contribution in [0, 0.1) is 0 Å². The smallest absolute Gasteiger partial charge is 0.256 e. The molecule has 1 aliphatic rings. The van der Waals surface area contributed by atoms with Crippen LogP contribution in [0.15, 0.2) is 40.9 Å². The van der Waals surface area contributed by atoms with E-state index in [1.165, 1.54) is 0 Å². The predicted molar refractivity (Wildman–Crippen MR) is 89.2 cm³/mol. The lowest BCUT2D eigenvalue weighted by atomic mass is 10.2. The zero-order valence-electron chi connectivity index (χ0n) is 11.6. The largest absolute Gasteiger partial charge is 0.490 e. The van der Waals surface area contributed by atoms with Crippen LogP contribution in [0.4, 0.5) is 5.69 Å². The number of amides is 1. The minimum Gasteiger partial charge on any atom is -0.490 e. The van der Waals surface area contributed by atoms with Gasteiger partial charge in [0.05, 0.1) is 29.5 Å². The normalized spacial score (nSPS) is 13.4. The van der Waals surface area contributed by atoms with Gasteiger partial charge in [0.1, 0.15) is 0 Å². The van der Waals surface area contributed by atoms with Gasteiger partial charge in [-0.05, 0) is 28.1 Å². The van der Waals surface area contributed by atoms with Gasteiger partial charge >= 0.3 is 0 Å². The summed E-state index contributed by atoms with van der Waals surface area (Å²) in [5, 5.41) is 3.21. The number of hydrogen-bond acceptors (Lipinski definition) is 3. The topological polar surface area (TPSA) is 47.6 Å². The molecule has 0 aromatic heterocycles. The van der Waals surface area contributed by atoms with Gasteiger partial charge in [0.2, 0.25) is 0 Å². The van der Waals surface area contributed by atoms with Gasteiger partial charge in [0.15, 0.2) is 11.5 Å². The molecule has 1 heterocycles. The van der Waals surface area contributed by atoms with E-state index in [4.69, 9.17) is 21.1 Å². The second kappa shape index (κ2) is 6.58. The highest BCUT2D eigenvalue weighted by atomic mass is 79.9. The first-order chi connectivity index (χ1) is 10.6. The monoisotopic (exact) mass is 381 g/mol. The van der Waals surface area contributed by atoms with Crippen molar-refractivity contribution in [2.24, 2.45) is 0 Å². The molecule has 0 aliphatic carbocycles. The lowest BCUT2D eigenvalue weighted by molar-refractivity contribution is 0.102. The van der Waals surface area contributed by atoms with E-state index in [0.29, 0.717) is 41.0 Å². The van der Waals surface area contributed by atoms with Crippen molar-refractivity contribution < 1.29 is 14.3 Å². The van der Waals surface area contributed by atoms with Crippen LogP contribution in [0.25, 0.3) is 0 Å². The molecule has 0 spiro atoms. The summed E-state index contributed by atoms with van der Waals surface area (Å²) in [5.41, 5.74) is 1.03. The number of anilines is 1. The van der Waals surface area contributed by atoms with Gasteiger partial charge in [-0.1, -0.05) is 23.7 Å². The first-order valence-electron chi connectivity index (χ1n) is 6.80. The second-order valence-electron chi connectivity index (χ2n) is 4.76. The van der Waals surface area contributed by atoms with Gasteiger partial charge < -0.3 is 14.8 Å². The van der Waals surface area contributed by atoms with Crippen molar-refractivity contribution >= 4 is 39.1 Å². The van der Waals surface area contributed by atoms with Crippen LogP contribution < -0.4 is 14.8 Å². The summed E-state index contributed by atoms with van der Waals surface area (Å²) in [4.78, 5) is 12.4. The molecule has 2 aromatic rings. The molecule has 0 unspecified atom stereocenters. The molecule has 0 atom stereocenters. The highest BCUT2D eigenvalue weighted by Gasteiger charge is 2.17. The number of halogens is 2. The molecular weight excluding hydrogens is 370 g/mol. The van der Waals surface area contributed by atoms with E-state index in [1.54, 1.807) is 24.3 Å². The Hall–Kier alpha value is -1.72. The van der Waals surface area contributed by atoms with Crippen molar-refractivity contribution in [1.82, 2.24) is 0 Å². The van der Waals surface area contributed by atoms with Crippen LogP contribution in [-0.2, 0) is 0 Å². The summed E-state index contributed by atoms with van der Waals surface area (Å²) in [6.45, 7) is 1.16. The fraction of sp³-hybridized carbons (Fsp3) is 0.188. The molecule has 3 rings (SSSR count). The van der Waals surface area contributed by atoms with E-state index in [0.717, 1.165) is 10.9 Å². The maximum Gasteiger partial charge on any atom is 0.256 e. The number of benzene rings is 2. The Morgan fingerprint density at radius 2 is 1.82 bits per heavy atom. The van der Waals surface area contributed by atoms with Crippen molar-refractivity contribution in [3.05, 3.63) is 51.5 Å². The standard InChI is InChI=1S/C16H13BrClNO3/c17-11-5-2-1-4-10(11)16(20)19-13-9-15-14(8-12(13)18)21-6-3-7-22-15/h1-2,4-5,8-9H,3,6-7H2,(H,19,20). The quantitative estimate of drug-likeness (QED) is 0.831. The molecule has 4 nitrogen and oxygen atoms in total. The number of hydrogen-bond donors (Lipinski definition) is 1. The first kappa shape index (κ1) is 15.2. The second-order valence-corrected chi connectivity index (χ2v) is 6.02. The molecule has 0 saturated carbocycles. The number of carbonyl (C=O) groups excluding carboxylic acids is 1. The molecule has 22 heavy (non-hydrogen) atoms. The average molecular weight is 383 g/mol. The Bertz CT molecular complexity index is 721. The minimum atomic E-state index is -0.246. The molecule has 114 valence electrons. The molecule has 0 radical (unpaired) electrons. The molecule has 0 bridgehead atoms. The van der Waals surface area contributed by atoms with Crippen LogP contribution in [0.3, 0.4) is 0 Å². The number of fused-ring (bicyclic) bond motifs is 1. The summed E-state index contributed by atoms with van der Waals surface area (Å²) in [6, 6.07) is 10.5. The van der Waals surface area contributed by atoms with Crippen molar-refractivity contribution in [3.63, 3.8) is 0 Å². The fourth-order valence-corrected chi connectivity index (χ4v) is 2.78. The van der Waals surface area contributed by atoms with E-state index in [1.807, 2.05) is 12.1 Å². The predicted octanol–water partition coefficient (Wildman–Crippen LogP) is 4.52. The zero-order valence-corrected chi connectivity index (χ0v) is 13.9. The summed E-state index contributed by atoms with van der Waals surface area (Å²) < 4.78 is 11.9. The number of nitrogens with one attached hydrogen (secondary N) is 1. The van der Waals surface area contributed by atoms with Crippen LogP contribution >= 0.6 is 27.5 Å². The van der Waals surface area contributed by atoms with E-state index >= 15 is 0 Å². The van der Waals surface area contributed by atoms with Crippen molar-refractivity contribution in [1.29, 1.82) is 0 Å². The van der Waals surface area contributed by atoms with Crippen LogP contribution in [0.1, 0.15) is 16.8 Å². The van der Waals surface area contributed by atoms with Gasteiger partial charge in [-0.2, -0.15) is 0 Å². The van der Waals surface area contributed by atoms with E-state index in [9.17, 15) is 4.79 Å². The maximum absolute atomic E-state index is 12.4. The Labute approximate surface area is 141 Å². The lowest BCUT2D eigenvalue weighted by Crippen LogP contribution is -2.13. The SMILES string of the molecule is O=C(Nc1cc2c(cc1Cl)OCCCO2)c1ccccc1Br. The lowest BCUT2D eigenvalue weighted by Gasteiger charge is -2.13. The third-order valence-electron chi connectivity index (χ3n) is 3.20. The molecular formula is C16H13BrClNO3. The van der Waals surface area contributed by atoms with Crippen molar-refractivity contribution in [3.8, 4) is 11.5 Å². The summed E-state index contributed by atoms with van der Waals surface area (Å²) in [6.07, 6.45) is 0.810. The van der Waals surface area contributed by atoms with Gasteiger partial charge in [0.25, 0.3) is 5.91 Å². The van der Waals surface area contributed by atoms with Gasteiger partial charge in [-0.25, -0.2) is 0 Å². The average Bonchev–Trinajstić information content (AvgIpc) is 2.73. The van der Waals surface area contributed by atoms with Crippen molar-refractivity contribution in [2.45, 2.75) is 6.42 Å². The van der Waals surface area contributed by atoms with E-state index in [2.05, 4.69) is 21.2 Å². The Balaban J connectivity index is 1.88. The third-order valence-corrected chi connectivity index (χ3v) is 4.21. The Morgan fingerprint density at radius 3 is 2.55 bits per heavy atom. The number of ether oxygens (including phenoxy) is 2. The minimum absolute atomic E-state index is 0.246. The van der Waals surface area contributed by atoms with Gasteiger partial charge in [-0.15, -0.1) is 0 Å². The Morgan fingerprint density at radius 1 is 1.14 bits per heavy atom. The van der Waals surface area contributed by atoms with E-state index < -0.39 is 0 Å². The molecule has 1 aliphatic heterocycles. The maximum atomic E-state index is 12.4. The summed E-state index contributed by atoms with van der Waals surface area (Å²) in [5.74, 6) is 0.939. The molecule has 1 N–H and O–H groups in total. The molecule has 0 saturated heterocycles. The van der Waals surface area contributed by atoms with Gasteiger partial charge in [0, 0.05) is 23.0 Å². The van der Waals surface area contributed by atoms with Gasteiger partial charge in [-0.3, -0.25) is 4.79 Å². The third kappa shape index (κ3) is 3.20. The van der Waals surface area contributed by atoms with Crippen LogP contribution in [0.5, 0.6) is 11.5 Å². The van der Waals surface area contributed by atoms with Crippen molar-refractivity contribution in [2.75, 3.05) is 18.5 Å². The fourth-order valence-electron chi connectivity index (χ4n) is 2.11. The molecule has 2 aromatic carbocycles. The number of rotatable bonds is 2. The summed E-state index contributed by atoms with van der Waals surface area (Å²) in [7, 11) is 0. The highest BCUT2D eigenvalue weighted by Crippen LogP contribution is 2.38. The zero-order chi connectivity index (χ0) is 15.5. The van der Waals surface area contributed by atoms with Crippen LogP contribution in [-0.4, -0.2) is 19.1 Å². The molecule has 0 fully saturated rings.